The van der Waals surface area contributed by atoms with Crippen LogP contribution in [0.4, 0.5) is 5.69 Å². The molecule has 2 aromatic rings. The second-order valence-electron chi connectivity index (χ2n) is 7.16. The summed E-state index contributed by atoms with van der Waals surface area (Å²) in [5.41, 5.74) is 1.41. The number of aryl methyl sites for hydroxylation is 1. The Bertz CT molecular complexity index is 929. The molecule has 0 saturated carbocycles. The average Bonchev–Trinajstić information content (AvgIpc) is 2.69. The third kappa shape index (κ3) is 7.26. The molecule has 0 aliphatic heterocycles. The van der Waals surface area contributed by atoms with Crippen LogP contribution in [0.15, 0.2) is 48.5 Å². The number of ether oxygens (including phenoxy) is 2. The Morgan fingerprint density at radius 2 is 1.77 bits per heavy atom. The molecule has 1 N–H and O–H groups in total. The van der Waals surface area contributed by atoms with E-state index < -0.39 is 15.9 Å². The van der Waals surface area contributed by atoms with Crippen LogP contribution in [0.1, 0.15) is 25.8 Å². The summed E-state index contributed by atoms with van der Waals surface area (Å²) in [6.07, 6.45) is 1.95. The van der Waals surface area contributed by atoms with Crippen LogP contribution < -0.4 is 19.1 Å². The molecule has 0 spiro atoms. The number of carbonyl (C=O) groups excluding carboxylic acids is 1. The molecular weight excluding hydrogens is 404 g/mol. The number of anilines is 1. The van der Waals surface area contributed by atoms with Gasteiger partial charge in [-0.05, 0) is 56.2 Å². The van der Waals surface area contributed by atoms with Crippen LogP contribution in [-0.2, 0) is 14.8 Å². The third-order valence-corrected chi connectivity index (χ3v) is 5.42. The van der Waals surface area contributed by atoms with E-state index in [1.54, 1.807) is 31.2 Å². The number of rotatable bonds is 11. The van der Waals surface area contributed by atoms with Crippen molar-refractivity contribution in [1.82, 2.24) is 5.32 Å². The van der Waals surface area contributed by atoms with E-state index in [-0.39, 0.29) is 19.2 Å². The molecule has 1 amide bonds. The van der Waals surface area contributed by atoms with Crippen LogP contribution in [0.5, 0.6) is 11.5 Å². The molecule has 1 unspecified atom stereocenters. The second kappa shape index (κ2) is 10.9. The number of carbonyl (C=O) groups is 1. The molecule has 2 rings (SSSR count). The van der Waals surface area contributed by atoms with Crippen LogP contribution in [0.2, 0.25) is 0 Å². The van der Waals surface area contributed by atoms with E-state index in [0.717, 1.165) is 28.3 Å². The van der Waals surface area contributed by atoms with Crippen molar-refractivity contribution in [3.05, 3.63) is 54.1 Å². The van der Waals surface area contributed by atoms with Crippen LogP contribution in [0.25, 0.3) is 0 Å². The molecular formula is C22H30N2O5S. The number of hydrogen-bond donors (Lipinski definition) is 1. The summed E-state index contributed by atoms with van der Waals surface area (Å²) in [4.78, 5) is 12.5. The zero-order chi connectivity index (χ0) is 22.1. The number of nitrogens with one attached hydrogen (secondary N) is 1. The van der Waals surface area contributed by atoms with Crippen molar-refractivity contribution in [2.75, 3.05) is 30.3 Å². The highest BCUT2D eigenvalue weighted by Crippen LogP contribution is 2.22. The highest BCUT2D eigenvalue weighted by molar-refractivity contribution is 7.92. The number of nitrogens with zero attached hydrogens (tertiary/aromatic N) is 1. The maximum Gasteiger partial charge on any atom is 0.241 e. The van der Waals surface area contributed by atoms with Crippen molar-refractivity contribution in [2.24, 2.45) is 0 Å². The Morgan fingerprint density at radius 1 is 1.10 bits per heavy atom. The van der Waals surface area contributed by atoms with Gasteiger partial charge in [0.15, 0.2) is 0 Å². The highest BCUT2D eigenvalue weighted by atomic mass is 32.2. The van der Waals surface area contributed by atoms with E-state index in [9.17, 15) is 13.2 Å². The van der Waals surface area contributed by atoms with Gasteiger partial charge in [0.1, 0.15) is 24.7 Å². The molecule has 0 heterocycles. The third-order valence-electron chi connectivity index (χ3n) is 4.27. The van der Waals surface area contributed by atoms with Gasteiger partial charge < -0.3 is 14.8 Å². The SMILES string of the molecule is CCCOc1ccc(N(CC(=O)NC(C)COc2ccccc2C)S(C)(=O)=O)cc1. The lowest BCUT2D eigenvalue weighted by atomic mass is 10.2. The molecule has 0 saturated heterocycles. The molecule has 0 fully saturated rings. The second-order valence-corrected chi connectivity index (χ2v) is 9.06. The standard InChI is InChI=1S/C22H30N2O5S/c1-5-14-28-20-12-10-19(11-13-20)24(30(4,26)27)15-22(25)23-18(3)16-29-21-9-7-6-8-17(21)2/h6-13,18H,5,14-16H2,1-4H3,(H,23,25). The van der Waals surface area contributed by atoms with E-state index in [2.05, 4.69) is 5.32 Å². The smallest absolute Gasteiger partial charge is 0.241 e. The van der Waals surface area contributed by atoms with E-state index in [1.807, 2.05) is 38.1 Å². The van der Waals surface area contributed by atoms with E-state index in [0.29, 0.717) is 18.0 Å². The summed E-state index contributed by atoms with van der Waals surface area (Å²) in [5.74, 6) is 0.995. The molecule has 7 nitrogen and oxygen atoms in total. The summed E-state index contributed by atoms with van der Waals surface area (Å²) in [6.45, 7) is 6.30. The normalized spacial score (nSPS) is 12.1. The lowest BCUT2D eigenvalue weighted by molar-refractivity contribution is -0.120. The molecule has 0 radical (unpaired) electrons. The monoisotopic (exact) mass is 434 g/mol. The van der Waals surface area contributed by atoms with Crippen LogP contribution in [-0.4, -0.2) is 46.4 Å². The first-order chi connectivity index (χ1) is 14.2. The van der Waals surface area contributed by atoms with Gasteiger partial charge in [-0.1, -0.05) is 25.1 Å². The molecule has 164 valence electrons. The van der Waals surface area contributed by atoms with Crippen molar-refractivity contribution in [3.8, 4) is 11.5 Å². The first-order valence-electron chi connectivity index (χ1n) is 9.89. The average molecular weight is 435 g/mol. The zero-order valence-corrected chi connectivity index (χ0v) is 18.7. The lowest BCUT2D eigenvalue weighted by Gasteiger charge is -2.23. The predicted molar refractivity (Wildman–Crippen MR) is 119 cm³/mol. The summed E-state index contributed by atoms with van der Waals surface area (Å²) in [7, 11) is -3.64. The number of benzene rings is 2. The Labute approximate surface area is 179 Å². The van der Waals surface area contributed by atoms with Crippen LogP contribution in [0, 0.1) is 6.92 Å². The first kappa shape index (κ1) is 23.5. The van der Waals surface area contributed by atoms with E-state index in [4.69, 9.17) is 9.47 Å². The first-order valence-corrected chi connectivity index (χ1v) is 11.7. The van der Waals surface area contributed by atoms with Crippen LogP contribution in [0.3, 0.4) is 0 Å². The summed E-state index contributed by atoms with van der Waals surface area (Å²) < 4.78 is 36.8. The molecule has 0 aromatic heterocycles. The van der Waals surface area contributed by atoms with Gasteiger partial charge in [-0.2, -0.15) is 0 Å². The number of para-hydroxylation sites is 1. The Kier molecular flexibility index (Phi) is 8.53. The number of amides is 1. The van der Waals surface area contributed by atoms with Crippen molar-refractivity contribution in [1.29, 1.82) is 0 Å². The summed E-state index contributed by atoms with van der Waals surface area (Å²) in [6, 6.07) is 14.0. The van der Waals surface area contributed by atoms with Crippen molar-refractivity contribution in [2.45, 2.75) is 33.2 Å². The van der Waals surface area contributed by atoms with Gasteiger partial charge in [-0.25, -0.2) is 8.42 Å². The Morgan fingerprint density at radius 3 is 2.37 bits per heavy atom. The molecule has 0 aliphatic rings. The van der Waals surface area contributed by atoms with Crippen molar-refractivity contribution >= 4 is 21.6 Å². The topological polar surface area (TPSA) is 84.9 Å². The number of sulfonamides is 1. The predicted octanol–water partition coefficient (Wildman–Crippen LogP) is 3.13. The van der Waals surface area contributed by atoms with Gasteiger partial charge in [0.05, 0.1) is 24.6 Å². The number of hydrogen-bond acceptors (Lipinski definition) is 5. The van der Waals surface area contributed by atoms with Crippen LogP contribution >= 0.6 is 0 Å². The van der Waals surface area contributed by atoms with Gasteiger partial charge in [-0.3, -0.25) is 9.10 Å². The van der Waals surface area contributed by atoms with Gasteiger partial charge in [0.25, 0.3) is 0 Å². The summed E-state index contributed by atoms with van der Waals surface area (Å²) >= 11 is 0. The van der Waals surface area contributed by atoms with E-state index >= 15 is 0 Å². The lowest BCUT2D eigenvalue weighted by Crippen LogP contribution is -2.44. The molecule has 0 aliphatic carbocycles. The minimum Gasteiger partial charge on any atom is -0.494 e. The van der Waals surface area contributed by atoms with Gasteiger partial charge in [-0.15, -0.1) is 0 Å². The zero-order valence-electron chi connectivity index (χ0n) is 17.9. The molecule has 8 heteroatoms. The molecule has 1 atom stereocenters. The quantitative estimate of drug-likeness (QED) is 0.587. The minimum atomic E-state index is -3.64. The van der Waals surface area contributed by atoms with Gasteiger partial charge in [0.2, 0.25) is 15.9 Å². The maximum absolute atomic E-state index is 12.5. The molecule has 2 aromatic carbocycles. The fourth-order valence-corrected chi connectivity index (χ4v) is 3.61. The fourth-order valence-electron chi connectivity index (χ4n) is 2.75. The Hall–Kier alpha value is -2.74. The highest BCUT2D eigenvalue weighted by Gasteiger charge is 2.22. The van der Waals surface area contributed by atoms with Gasteiger partial charge >= 0.3 is 0 Å². The molecule has 30 heavy (non-hydrogen) atoms. The minimum absolute atomic E-state index is 0.277. The van der Waals surface area contributed by atoms with E-state index in [1.165, 1.54) is 0 Å². The van der Waals surface area contributed by atoms with Gasteiger partial charge in [0, 0.05) is 0 Å². The maximum atomic E-state index is 12.5. The Balaban J connectivity index is 1.97. The largest absolute Gasteiger partial charge is 0.494 e. The fraction of sp³-hybridized carbons (Fsp3) is 0.409. The summed E-state index contributed by atoms with van der Waals surface area (Å²) in [5, 5.41) is 2.79. The van der Waals surface area contributed by atoms with Crippen molar-refractivity contribution < 1.29 is 22.7 Å². The van der Waals surface area contributed by atoms with Crippen molar-refractivity contribution in [3.63, 3.8) is 0 Å². The molecule has 0 bridgehead atoms.